The van der Waals surface area contributed by atoms with Gasteiger partial charge in [0.1, 0.15) is 0 Å². The molecule has 182 valence electrons. The van der Waals surface area contributed by atoms with Crippen LogP contribution in [0.1, 0.15) is 32.8 Å². The Morgan fingerprint density at radius 3 is 2.62 bits per heavy atom. The first-order chi connectivity index (χ1) is 16.5. The SMILES string of the molecule is CCOC(=O)NC(CNC(=O)CSc1nnc(-c2ccco2)n1Cc1ccccc1)CC(C)C. The molecule has 2 heterocycles. The van der Waals surface area contributed by atoms with Crippen molar-refractivity contribution in [2.45, 2.75) is 44.9 Å². The number of nitrogens with one attached hydrogen (secondary N) is 2. The summed E-state index contributed by atoms with van der Waals surface area (Å²) in [6.45, 7) is 7.05. The van der Waals surface area contributed by atoms with Crippen LogP contribution >= 0.6 is 11.8 Å². The molecule has 0 spiro atoms. The van der Waals surface area contributed by atoms with E-state index in [-0.39, 0.29) is 17.7 Å². The van der Waals surface area contributed by atoms with Gasteiger partial charge in [-0.25, -0.2) is 4.79 Å². The van der Waals surface area contributed by atoms with Crippen LogP contribution in [0.25, 0.3) is 11.6 Å². The lowest BCUT2D eigenvalue weighted by atomic mass is 10.0. The first kappa shape index (κ1) is 25.4. The fraction of sp³-hybridized carbons (Fsp3) is 0.417. The van der Waals surface area contributed by atoms with E-state index in [0.717, 1.165) is 12.0 Å². The molecule has 0 aliphatic rings. The fourth-order valence-electron chi connectivity index (χ4n) is 3.41. The maximum absolute atomic E-state index is 12.6. The van der Waals surface area contributed by atoms with Crippen molar-refractivity contribution in [2.24, 2.45) is 5.92 Å². The third-order valence-electron chi connectivity index (χ3n) is 4.87. The number of aromatic nitrogens is 3. The van der Waals surface area contributed by atoms with Gasteiger partial charge < -0.3 is 19.8 Å². The van der Waals surface area contributed by atoms with Gasteiger partial charge in [0.25, 0.3) is 0 Å². The van der Waals surface area contributed by atoms with Crippen LogP contribution in [-0.4, -0.2) is 51.7 Å². The Bertz CT molecular complexity index is 1040. The van der Waals surface area contributed by atoms with E-state index in [1.165, 1.54) is 11.8 Å². The van der Waals surface area contributed by atoms with Gasteiger partial charge in [0.05, 0.1) is 25.2 Å². The van der Waals surface area contributed by atoms with Gasteiger partial charge in [0.2, 0.25) is 11.7 Å². The zero-order valence-corrected chi connectivity index (χ0v) is 20.5. The highest BCUT2D eigenvalue weighted by atomic mass is 32.2. The van der Waals surface area contributed by atoms with E-state index in [0.29, 0.717) is 42.4 Å². The van der Waals surface area contributed by atoms with Crippen molar-refractivity contribution < 1.29 is 18.7 Å². The summed E-state index contributed by atoms with van der Waals surface area (Å²) in [5.41, 5.74) is 1.09. The quantitative estimate of drug-likeness (QED) is 0.374. The zero-order valence-electron chi connectivity index (χ0n) is 19.7. The maximum Gasteiger partial charge on any atom is 0.407 e. The van der Waals surface area contributed by atoms with Crippen LogP contribution in [-0.2, 0) is 16.1 Å². The summed E-state index contributed by atoms with van der Waals surface area (Å²) in [6, 6.07) is 13.4. The van der Waals surface area contributed by atoms with E-state index in [1.807, 2.05) is 41.0 Å². The number of nitrogens with zero attached hydrogens (tertiary/aromatic N) is 3. The topological polar surface area (TPSA) is 111 Å². The lowest BCUT2D eigenvalue weighted by Crippen LogP contribution is -2.45. The summed E-state index contributed by atoms with van der Waals surface area (Å²) in [5, 5.41) is 14.9. The summed E-state index contributed by atoms with van der Waals surface area (Å²) >= 11 is 1.30. The molecule has 9 nitrogen and oxygen atoms in total. The highest BCUT2D eigenvalue weighted by molar-refractivity contribution is 7.99. The van der Waals surface area contributed by atoms with Crippen LogP contribution in [0.5, 0.6) is 0 Å². The Labute approximate surface area is 203 Å². The first-order valence-electron chi connectivity index (χ1n) is 11.3. The molecule has 1 atom stereocenters. The number of carbonyl (C=O) groups is 2. The number of hydrogen-bond acceptors (Lipinski definition) is 7. The Balaban J connectivity index is 1.62. The number of furan rings is 1. The van der Waals surface area contributed by atoms with Crippen LogP contribution in [0.15, 0.2) is 58.3 Å². The summed E-state index contributed by atoms with van der Waals surface area (Å²) in [6.07, 6.45) is 1.84. The molecular weight excluding hydrogens is 454 g/mol. The molecule has 2 aromatic heterocycles. The molecule has 0 aliphatic carbocycles. The molecule has 34 heavy (non-hydrogen) atoms. The molecule has 2 N–H and O–H groups in total. The molecule has 10 heteroatoms. The third-order valence-corrected chi connectivity index (χ3v) is 5.84. The van der Waals surface area contributed by atoms with Crippen LogP contribution in [0.2, 0.25) is 0 Å². The molecule has 1 unspecified atom stereocenters. The largest absolute Gasteiger partial charge is 0.461 e. The van der Waals surface area contributed by atoms with Gasteiger partial charge in [0.15, 0.2) is 10.9 Å². The summed E-state index contributed by atoms with van der Waals surface area (Å²) in [7, 11) is 0. The smallest absolute Gasteiger partial charge is 0.407 e. The normalized spacial score (nSPS) is 11.9. The second-order valence-corrected chi connectivity index (χ2v) is 9.08. The van der Waals surface area contributed by atoms with E-state index >= 15 is 0 Å². The highest BCUT2D eigenvalue weighted by Gasteiger charge is 2.19. The lowest BCUT2D eigenvalue weighted by Gasteiger charge is -2.20. The molecule has 0 saturated heterocycles. The van der Waals surface area contributed by atoms with Crippen LogP contribution in [0, 0.1) is 5.92 Å². The van der Waals surface area contributed by atoms with Gasteiger partial charge in [-0.1, -0.05) is 55.9 Å². The number of hydrogen-bond donors (Lipinski definition) is 2. The Kier molecular flexibility index (Phi) is 9.57. The van der Waals surface area contributed by atoms with E-state index in [4.69, 9.17) is 9.15 Å². The number of thioether (sulfide) groups is 1. The Hall–Kier alpha value is -3.27. The van der Waals surface area contributed by atoms with Gasteiger partial charge in [-0.15, -0.1) is 10.2 Å². The van der Waals surface area contributed by atoms with Crippen LogP contribution in [0.3, 0.4) is 0 Å². The second kappa shape index (κ2) is 12.8. The molecule has 3 rings (SSSR count). The molecule has 0 aliphatic heterocycles. The van der Waals surface area contributed by atoms with E-state index in [9.17, 15) is 9.59 Å². The minimum Gasteiger partial charge on any atom is -0.461 e. The Morgan fingerprint density at radius 1 is 1.15 bits per heavy atom. The third kappa shape index (κ3) is 7.65. The molecule has 3 aromatic rings. The number of rotatable bonds is 12. The average Bonchev–Trinajstić information content (AvgIpc) is 3.46. The first-order valence-corrected chi connectivity index (χ1v) is 12.3. The van der Waals surface area contributed by atoms with E-state index in [2.05, 4.69) is 34.7 Å². The number of alkyl carbamates (subject to hydrolysis) is 1. The summed E-state index contributed by atoms with van der Waals surface area (Å²) in [4.78, 5) is 24.4. The van der Waals surface area contributed by atoms with Crippen LogP contribution in [0.4, 0.5) is 4.79 Å². The number of carbonyl (C=O) groups excluding carboxylic acids is 2. The zero-order chi connectivity index (χ0) is 24.3. The van der Waals surface area contributed by atoms with Crippen molar-refractivity contribution in [3.05, 3.63) is 54.3 Å². The minimum atomic E-state index is -0.476. The minimum absolute atomic E-state index is 0.154. The van der Waals surface area contributed by atoms with Crippen molar-refractivity contribution in [2.75, 3.05) is 18.9 Å². The van der Waals surface area contributed by atoms with Crippen molar-refractivity contribution >= 4 is 23.8 Å². The summed E-state index contributed by atoms with van der Waals surface area (Å²) < 4.78 is 12.4. The monoisotopic (exact) mass is 485 g/mol. The average molecular weight is 486 g/mol. The highest BCUT2D eigenvalue weighted by Crippen LogP contribution is 2.25. The van der Waals surface area contributed by atoms with Gasteiger partial charge in [-0.2, -0.15) is 0 Å². The lowest BCUT2D eigenvalue weighted by molar-refractivity contribution is -0.118. The van der Waals surface area contributed by atoms with Gasteiger partial charge in [-0.3, -0.25) is 9.36 Å². The van der Waals surface area contributed by atoms with E-state index < -0.39 is 6.09 Å². The number of amides is 2. The van der Waals surface area contributed by atoms with Crippen molar-refractivity contribution in [3.63, 3.8) is 0 Å². The predicted molar refractivity (Wildman–Crippen MR) is 130 cm³/mol. The molecule has 1 aromatic carbocycles. The van der Waals surface area contributed by atoms with Crippen molar-refractivity contribution in [3.8, 4) is 11.6 Å². The van der Waals surface area contributed by atoms with Gasteiger partial charge >= 0.3 is 6.09 Å². The van der Waals surface area contributed by atoms with Crippen LogP contribution < -0.4 is 10.6 Å². The Morgan fingerprint density at radius 2 is 1.94 bits per heavy atom. The molecular formula is C24H31N5O4S. The summed E-state index contributed by atoms with van der Waals surface area (Å²) in [5.74, 6) is 1.58. The standard InChI is InChI=1S/C24H31N5O4S/c1-4-32-24(31)26-19(13-17(2)3)14-25-21(30)16-34-23-28-27-22(20-11-8-12-33-20)29(23)15-18-9-6-5-7-10-18/h5-12,17,19H,4,13-16H2,1-3H3,(H,25,30)(H,26,31). The van der Waals surface area contributed by atoms with Crippen molar-refractivity contribution in [1.29, 1.82) is 0 Å². The van der Waals surface area contributed by atoms with E-state index in [1.54, 1.807) is 19.3 Å². The maximum atomic E-state index is 12.6. The molecule has 0 fully saturated rings. The van der Waals surface area contributed by atoms with Gasteiger partial charge in [0, 0.05) is 12.6 Å². The van der Waals surface area contributed by atoms with Crippen molar-refractivity contribution in [1.82, 2.24) is 25.4 Å². The number of benzene rings is 1. The molecule has 0 saturated carbocycles. The molecule has 0 radical (unpaired) electrons. The fourth-order valence-corrected chi connectivity index (χ4v) is 4.18. The molecule has 0 bridgehead atoms. The second-order valence-electron chi connectivity index (χ2n) is 8.14. The van der Waals surface area contributed by atoms with Gasteiger partial charge in [-0.05, 0) is 37.0 Å². The molecule has 2 amide bonds. The number of ether oxygens (including phenoxy) is 1. The predicted octanol–water partition coefficient (Wildman–Crippen LogP) is 3.96.